The van der Waals surface area contributed by atoms with Crippen molar-refractivity contribution < 1.29 is 0 Å². The van der Waals surface area contributed by atoms with Crippen molar-refractivity contribution in [2.75, 3.05) is 0 Å². The largest absolute Gasteiger partial charge is 0.254 e. The van der Waals surface area contributed by atoms with Gasteiger partial charge in [0.2, 0.25) is 0 Å². The molecule has 0 saturated heterocycles. The normalized spacial score (nSPS) is 11.0. The standard InChI is InChI=1S/C14H16N6S2/c1-9-3-12(6-22-14-16-8-18-20-14)10(2)4-11(9)5-21-13-15-7-17-19-13/h3-4,7-8H,5-6H2,1-2H3,(H,15,17,19)(H,16,18,20). The average molecular weight is 332 g/mol. The van der Waals surface area contributed by atoms with E-state index >= 15 is 0 Å². The number of H-pyrrole nitrogens is 2. The van der Waals surface area contributed by atoms with Crippen molar-refractivity contribution in [3.63, 3.8) is 0 Å². The van der Waals surface area contributed by atoms with E-state index in [2.05, 4.69) is 56.3 Å². The van der Waals surface area contributed by atoms with E-state index in [9.17, 15) is 0 Å². The molecule has 1 aromatic carbocycles. The lowest BCUT2D eigenvalue weighted by molar-refractivity contribution is 0.971. The topological polar surface area (TPSA) is 83.1 Å². The number of benzene rings is 1. The van der Waals surface area contributed by atoms with Crippen molar-refractivity contribution in [1.29, 1.82) is 0 Å². The maximum atomic E-state index is 4.14. The van der Waals surface area contributed by atoms with E-state index in [0.29, 0.717) is 0 Å². The molecule has 0 radical (unpaired) electrons. The molecule has 0 aliphatic carbocycles. The Morgan fingerprint density at radius 1 is 0.818 bits per heavy atom. The highest BCUT2D eigenvalue weighted by Crippen LogP contribution is 2.27. The zero-order valence-corrected chi connectivity index (χ0v) is 14.0. The molecule has 3 rings (SSSR count). The van der Waals surface area contributed by atoms with Crippen LogP contribution in [0.1, 0.15) is 22.3 Å². The number of hydrogen-bond acceptors (Lipinski definition) is 6. The summed E-state index contributed by atoms with van der Waals surface area (Å²) in [5.74, 6) is 1.77. The third kappa shape index (κ3) is 3.69. The zero-order valence-electron chi connectivity index (χ0n) is 12.3. The molecule has 0 saturated carbocycles. The van der Waals surface area contributed by atoms with Crippen LogP contribution in [0.25, 0.3) is 0 Å². The molecular weight excluding hydrogens is 316 g/mol. The Morgan fingerprint density at radius 2 is 1.27 bits per heavy atom. The van der Waals surface area contributed by atoms with Gasteiger partial charge in [-0.05, 0) is 36.1 Å². The average Bonchev–Trinajstić information content (AvgIpc) is 3.19. The van der Waals surface area contributed by atoms with E-state index in [1.807, 2.05) is 0 Å². The summed E-state index contributed by atoms with van der Waals surface area (Å²) >= 11 is 3.33. The van der Waals surface area contributed by atoms with Gasteiger partial charge in [0.15, 0.2) is 10.3 Å². The smallest absolute Gasteiger partial charge is 0.183 e. The molecule has 2 aromatic heterocycles. The second-order valence-electron chi connectivity index (χ2n) is 4.86. The number of nitrogens with zero attached hydrogens (tertiary/aromatic N) is 4. The van der Waals surface area contributed by atoms with Gasteiger partial charge in [-0.15, -0.1) is 0 Å². The summed E-state index contributed by atoms with van der Waals surface area (Å²) in [5.41, 5.74) is 5.25. The molecule has 0 spiro atoms. The molecule has 0 atom stereocenters. The van der Waals surface area contributed by atoms with E-state index < -0.39 is 0 Å². The monoisotopic (exact) mass is 332 g/mol. The van der Waals surface area contributed by atoms with E-state index in [0.717, 1.165) is 21.8 Å². The highest BCUT2D eigenvalue weighted by Gasteiger charge is 2.08. The van der Waals surface area contributed by atoms with Crippen LogP contribution >= 0.6 is 23.5 Å². The summed E-state index contributed by atoms with van der Waals surface area (Å²) in [4.78, 5) is 8.27. The second kappa shape index (κ2) is 6.97. The number of nitrogens with one attached hydrogen (secondary N) is 2. The van der Waals surface area contributed by atoms with Crippen molar-refractivity contribution in [2.45, 2.75) is 35.7 Å². The van der Waals surface area contributed by atoms with Gasteiger partial charge >= 0.3 is 0 Å². The first-order valence-electron chi connectivity index (χ1n) is 6.77. The maximum absolute atomic E-state index is 4.14. The van der Waals surface area contributed by atoms with Crippen molar-refractivity contribution >= 4 is 23.5 Å². The van der Waals surface area contributed by atoms with E-state index in [1.165, 1.54) is 34.9 Å². The fourth-order valence-corrected chi connectivity index (χ4v) is 3.75. The van der Waals surface area contributed by atoms with E-state index in [-0.39, 0.29) is 0 Å². The van der Waals surface area contributed by atoms with Crippen LogP contribution in [0.5, 0.6) is 0 Å². The lowest BCUT2D eigenvalue weighted by atomic mass is 10.0. The number of aromatic amines is 2. The van der Waals surface area contributed by atoms with Crippen LogP contribution in [0.15, 0.2) is 35.1 Å². The molecule has 0 bridgehead atoms. The van der Waals surface area contributed by atoms with Crippen LogP contribution < -0.4 is 0 Å². The minimum Gasteiger partial charge on any atom is -0.254 e. The fraction of sp³-hybridized carbons (Fsp3) is 0.286. The molecule has 0 aliphatic rings. The summed E-state index contributed by atoms with van der Waals surface area (Å²) in [6, 6.07) is 4.52. The Kier molecular flexibility index (Phi) is 4.79. The highest BCUT2D eigenvalue weighted by molar-refractivity contribution is 7.98. The molecule has 0 fully saturated rings. The molecule has 2 heterocycles. The van der Waals surface area contributed by atoms with E-state index in [1.54, 1.807) is 23.5 Å². The van der Waals surface area contributed by atoms with Crippen LogP contribution in [-0.4, -0.2) is 30.4 Å². The van der Waals surface area contributed by atoms with Crippen LogP contribution in [-0.2, 0) is 11.5 Å². The van der Waals surface area contributed by atoms with Crippen molar-refractivity contribution in [3.8, 4) is 0 Å². The van der Waals surface area contributed by atoms with Gasteiger partial charge < -0.3 is 0 Å². The molecule has 6 nitrogen and oxygen atoms in total. The Balaban J connectivity index is 1.67. The first-order chi connectivity index (χ1) is 10.7. The minimum absolute atomic E-state index is 0.849. The maximum Gasteiger partial charge on any atom is 0.183 e. The predicted octanol–water partition coefficient (Wildman–Crippen LogP) is 3.12. The second-order valence-corrected chi connectivity index (χ2v) is 6.79. The molecule has 8 heteroatoms. The van der Waals surface area contributed by atoms with Gasteiger partial charge in [-0.25, -0.2) is 9.97 Å². The first-order valence-corrected chi connectivity index (χ1v) is 8.75. The number of thioether (sulfide) groups is 2. The van der Waals surface area contributed by atoms with Gasteiger partial charge in [0.05, 0.1) is 0 Å². The lowest BCUT2D eigenvalue weighted by Crippen LogP contribution is -1.95. The Hall–Kier alpha value is -1.80. The number of hydrogen-bond donors (Lipinski definition) is 2. The fourth-order valence-electron chi connectivity index (χ4n) is 2.07. The lowest BCUT2D eigenvalue weighted by Gasteiger charge is -2.11. The first kappa shape index (κ1) is 15.1. The molecule has 3 aromatic rings. The number of rotatable bonds is 6. The van der Waals surface area contributed by atoms with Gasteiger partial charge in [-0.1, -0.05) is 35.7 Å². The molecule has 2 N–H and O–H groups in total. The SMILES string of the molecule is Cc1cc(CSc2ncn[nH]2)c(C)cc1CSc1ncn[nH]1. The van der Waals surface area contributed by atoms with Gasteiger partial charge in [-0.3, -0.25) is 10.2 Å². The summed E-state index contributed by atoms with van der Waals surface area (Å²) in [5, 5.41) is 15.2. The van der Waals surface area contributed by atoms with Crippen LogP contribution in [0.2, 0.25) is 0 Å². The van der Waals surface area contributed by atoms with E-state index in [4.69, 9.17) is 0 Å². The molecule has 0 unspecified atom stereocenters. The number of aromatic nitrogens is 6. The van der Waals surface area contributed by atoms with Gasteiger partial charge in [0.25, 0.3) is 0 Å². The van der Waals surface area contributed by atoms with Crippen molar-refractivity contribution in [1.82, 2.24) is 30.4 Å². The third-order valence-electron chi connectivity index (χ3n) is 3.31. The Morgan fingerprint density at radius 3 is 1.64 bits per heavy atom. The minimum atomic E-state index is 0.849. The summed E-state index contributed by atoms with van der Waals surface area (Å²) < 4.78 is 0. The molecule has 114 valence electrons. The predicted molar refractivity (Wildman–Crippen MR) is 87.8 cm³/mol. The number of aryl methyl sites for hydroxylation is 2. The quantitative estimate of drug-likeness (QED) is 0.675. The third-order valence-corrected chi connectivity index (χ3v) is 5.16. The van der Waals surface area contributed by atoms with Gasteiger partial charge in [0, 0.05) is 11.5 Å². The molecular formula is C14H16N6S2. The van der Waals surface area contributed by atoms with Crippen LogP contribution in [0.4, 0.5) is 0 Å². The molecule has 22 heavy (non-hydrogen) atoms. The highest BCUT2D eigenvalue weighted by atomic mass is 32.2. The summed E-state index contributed by atoms with van der Waals surface area (Å²) in [7, 11) is 0. The molecule has 0 amide bonds. The Labute approximate surface area is 136 Å². The van der Waals surface area contributed by atoms with Crippen LogP contribution in [0, 0.1) is 13.8 Å². The van der Waals surface area contributed by atoms with Crippen molar-refractivity contribution in [3.05, 3.63) is 47.0 Å². The van der Waals surface area contributed by atoms with Gasteiger partial charge in [0.1, 0.15) is 12.7 Å². The summed E-state index contributed by atoms with van der Waals surface area (Å²) in [6.45, 7) is 4.30. The zero-order chi connectivity index (χ0) is 15.4. The van der Waals surface area contributed by atoms with Gasteiger partial charge in [-0.2, -0.15) is 10.2 Å². The summed E-state index contributed by atoms with van der Waals surface area (Å²) in [6.07, 6.45) is 3.06. The van der Waals surface area contributed by atoms with Crippen LogP contribution in [0.3, 0.4) is 0 Å². The Bertz CT molecular complexity index is 660. The molecule has 0 aliphatic heterocycles. The van der Waals surface area contributed by atoms with Crippen molar-refractivity contribution in [2.24, 2.45) is 0 Å².